The van der Waals surface area contributed by atoms with E-state index in [9.17, 15) is 8.42 Å². The molecule has 2 N–H and O–H groups in total. The van der Waals surface area contributed by atoms with E-state index in [0.717, 1.165) is 29.8 Å². The molecule has 5 nitrogen and oxygen atoms in total. The minimum atomic E-state index is -3.14. The van der Waals surface area contributed by atoms with E-state index in [1.54, 1.807) is 20.8 Å². The highest BCUT2D eigenvalue weighted by Gasteiger charge is 2.29. The molecule has 6 heteroatoms. The molecule has 0 aliphatic heterocycles. The van der Waals surface area contributed by atoms with Crippen LogP contribution in [0.2, 0.25) is 0 Å². The molecule has 1 rings (SSSR count). The highest BCUT2D eigenvalue weighted by Crippen LogP contribution is 2.23. The fraction of sp³-hybridized carbons (Fsp3) is 0.800. The zero-order valence-corrected chi connectivity index (χ0v) is 14.9. The SMILES string of the molecule is CCc1nn(CCS(=O)(=O)C(C)(C)C)c(CC)c1C(C)N. The van der Waals surface area contributed by atoms with E-state index in [1.165, 1.54) is 0 Å². The van der Waals surface area contributed by atoms with Gasteiger partial charge in [-0.25, -0.2) is 8.42 Å². The Balaban J connectivity index is 3.11. The number of nitrogens with zero attached hydrogens (tertiary/aromatic N) is 2. The fourth-order valence-corrected chi connectivity index (χ4v) is 3.45. The maximum absolute atomic E-state index is 12.3. The quantitative estimate of drug-likeness (QED) is 0.873. The van der Waals surface area contributed by atoms with Gasteiger partial charge < -0.3 is 5.73 Å². The molecule has 122 valence electrons. The molecule has 0 bridgehead atoms. The van der Waals surface area contributed by atoms with Gasteiger partial charge >= 0.3 is 0 Å². The van der Waals surface area contributed by atoms with Crippen molar-refractivity contribution in [1.82, 2.24) is 9.78 Å². The van der Waals surface area contributed by atoms with Crippen molar-refractivity contribution in [3.63, 3.8) is 0 Å². The first-order valence-electron chi connectivity index (χ1n) is 7.61. The van der Waals surface area contributed by atoms with E-state index in [0.29, 0.717) is 6.54 Å². The third-order valence-corrected chi connectivity index (χ3v) is 6.39. The molecule has 21 heavy (non-hydrogen) atoms. The van der Waals surface area contributed by atoms with Crippen molar-refractivity contribution < 1.29 is 8.42 Å². The molecule has 1 unspecified atom stereocenters. The van der Waals surface area contributed by atoms with Gasteiger partial charge in [-0.3, -0.25) is 4.68 Å². The summed E-state index contributed by atoms with van der Waals surface area (Å²) in [7, 11) is -3.14. The van der Waals surface area contributed by atoms with Crippen molar-refractivity contribution >= 4 is 9.84 Å². The van der Waals surface area contributed by atoms with Gasteiger partial charge in [0, 0.05) is 17.3 Å². The van der Waals surface area contributed by atoms with Crippen molar-refractivity contribution in [3.05, 3.63) is 17.0 Å². The predicted molar refractivity (Wildman–Crippen MR) is 87.1 cm³/mol. The summed E-state index contributed by atoms with van der Waals surface area (Å²) in [6, 6.07) is -0.0807. The molecule has 1 atom stereocenters. The van der Waals surface area contributed by atoms with Crippen LogP contribution in [0.3, 0.4) is 0 Å². The molecule has 0 fully saturated rings. The third-order valence-electron chi connectivity index (χ3n) is 3.80. The molecule has 1 aromatic rings. The molecule has 0 spiro atoms. The molecule has 0 saturated carbocycles. The van der Waals surface area contributed by atoms with Crippen molar-refractivity contribution in [1.29, 1.82) is 0 Å². The highest BCUT2D eigenvalue weighted by atomic mass is 32.2. The van der Waals surface area contributed by atoms with Crippen LogP contribution < -0.4 is 5.73 Å². The molecule has 0 amide bonds. The summed E-state index contributed by atoms with van der Waals surface area (Å²) in [5.74, 6) is 0.104. The lowest BCUT2D eigenvalue weighted by atomic mass is 10.0. The second-order valence-electron chi connectivity index (χ2n) is 6.46. The summed E-state index contributed by atoms with van der Waals surface area (Å²) in [6.07, 6.45) is 1.61. The second-order valence-corrected chi connectivity index (χ2v) is 9.32. The molecule has 0 aliphatic rings. The Morgan fingerprint density at radius 2 is 1.81 bits per heavy atom. The Morgan fingerprint density at radius 1 is 1.24 bits per heavy atom. The van der Waals surface area contributed by atoms with Crippen LogP contribution in [0.5, 0.6) is 0 Å². The summed E-state index contributed by atoms with van der Waals surface area (Å²) in [6.45, 7) is 11.6. The molecule has 0 radical (unpaired) electrons. The standard InChI is InChI=1S/C15H29N3O2S/c1-7-12-14(11(3)16)13(8-2)18(17-12)9-10-21(19,20)15(4,5)6/h11H,7-10,16H2,1-6H3. The first kappa shape index (κ1) is 18.2. The largest absolute Gasteiger partial charge is 0.324 e. The van der Waals surface area contributed by atoms with Crippen molar-refractivity contribution in [2.24, 2.45) is 5.73 Å². The third kappa shape index (κ3) is 3.86. The van der Waals surface area contributed by atoms with Crippen LogP contribution in [0.15, 0.2) is 0 Å². The molecule has 0 aromatic carbocycles. The average Bonchev–Trinajstić information content (AvgIpc) is 2.72. The summed E-state index contributed by atoms with van der Waals surface area (Å²) >= 11 is 0. The van der Waals surface area contributed by atoms with Crippen LogP contribution >= 0.6 is 0 Å². The van der Waals surface area contributed by atoms with Gasteiger partial charge in [0.05, 0.1) is 22.7 Å². The highest BCUT2D eigenvalue weighted by molar-refractivity contribution is 7.92. The molecule has 0 aliphatic carbocycles. The Morgan fingerprint density at radius 3 is 2.19 bits per heavy atom. The van der Waals surface area contributed by atoms with Crippen LogP contribution in [0.25, 0.3) is 0 Å². The lowest BCUT2D eigenvalue weighted by Gasteiger charge is -2.19. The summed E-state index contributed by atoms with van der Waals surface area (Å²) in [5, 5.41) is 4.58. The number of aryl methyl sites for hydroxylation is 2. The smallest absolute Gasteiger partial charge is 0.157 e. The lowest BCUT2D eigenvalue weighted by molar-refractivity contribution is 0.543. The topological polar surface area (TPSA) is 78.0 Å². The second kappa shape index (κ2) is 6.48. The number of hydrogen-bond donors (Lipinski definition) is 1. The fourth-order valence-electron chi connectivity index (χ4n) is 2.42. The van der Waals surface area contributed by atoms with Gasteiger partial charge in [0.2, 0.25) is 0 Å². The van der Waals surface area contributed by atoms with Gasteiger partial charge in [0.25, 0.3) is 0 Å². The lowest BCUT2D eigenvalue weighted by Crippen LogP contribution is -2.32. The number of nitrogens with two attached hydrogens (primary N) is 1. The molecular formula is C15H29N3O2S. The maximum atomic E-state index is 12.3. The number of aromatic nitrogens is 2. The number of sulfone groups is 1. The summed E-state index contributed by atoms with van der Waals surface area (Å²) < 4.78 is 25.6. The van der Waals surface area contributed by atoms with Gasteiger partial charge in [-0.2, -0.15) is 5.10 Å². The maximum Gasteiger partial charge on any atom is 0.157 e. The van der Waals surface area contributed by atoms with Gasteiger partial charge in [-0.1, -0.05) is 13.8 Å². The molecule has 0 saturated heterocycles. The van der Waals surface area contributed by atoms with Crippen LogP contribution in [-0.2, 0) is 29.2 Å². The zero-order chi connectivity index (χ0) is 16.4. The Bertz CT molecular complexity index is 581. The minimum absolute atomic E-state index is 0.0807. The summed E-state index contributed by atoms with van der Waals surface area (Å²) in [4.78, 5) is 0. The number of hydrogen-bond acceptors (Lipinski definition) is 4. The van der Waals surface area contributed by atoms with Gasteiger partial charge in [-0.05, 0) is 40.5 Å². The first-order chi connectivity index (χ1) is 9.55. The Kier molecular flexibility index (Phi) is 5.61. The average molecular weight is 315 g/mol. The molecule has 1 heterocycles. The molecular weight excluding hydrogens is 286 g/mol. The van der Waals surface area contributed by atoms with Crippen LogP contribution in [0.1, 0.15) is 64.5 Å². The monoisotopic (exact) mass is 315 g/mol. The first-order valence-corrected chi connectivity index (χ1v) is 9.26. The molecule has 1 aromatic heterocycles. The van der Waals surface area contributed by atoms with Crippen LogP contribution in [0, 0.1) is 0 Å². The van der Waals surface area contributed by atoms with E-state index >= 15 is 0 Å². The van der Waals surface area contributed by atoms with Gasteiger partial charge in [0.1, 0.15) is 0 Å². The van der Waals surface area contributed by atoms with Crippen LogP contribution in [0.4, 0.5) is 0 Å². The van der Waals surface area contributed by atoms with E-state index in [-0.39, 0.29) is 11.8 Å². The van der Waals surface area contributed by atoms with Crippen molar-refractivity contribution in [3.8, 4) is 0 Å². The van der Waals surface area contributed by atoms with E-state index in [1.807, 2.05) is 18.5 Å². The Labute approximate surface area is 128 Å². The Hall–Kier alpha value is -0.880. The van der Waals surface area contributed by atoms with Gasteiger partial charge in [-0.15, -0.1) is 0 Å². The minimum Gasteiger partial charge on any atom is -0.324 e. The van der Waals surface area contributed by atoms with Crippen LogP contribution in [-0.4, -0.2) is 28.7 Å². The number of rotatable bonds is 6. The van der Waals surface area contributed by atoms with Gasteiger partial charge in [0.15, 0.2) is 9.84 Å². The van der Waals surface area contributed by atoms with Crippen molar-refractivity contribution in [2.75, 3.05) is 5.75 Å². The van der Waals surface area contributed by atoms with E-state index < -0.39 is 14.6 Å². The summed E-state index contributed by atoms with van der Waals surface area (Å²) in [5.41, 5.74) is 9.18. The normalized spacial score (nSPS) is 14.4. The van der Waals surface area contributed by atoms with E-state index in [4.69, 9.17) is 5.73 Å². The zero-order valence-electron chi connectivity index (χ0n) is 14.1. The van der Waals surface area contributed by atoms with Crippen molar-refractivity contribution in [2.45, 2.75) is 71.7 Å². The van der Waals surface area contributed by atoms with E-state index in [2.05, 4.69) is 12.0 Å². The predicted octanol–water partition coefficient (Wildman–Crippen LogP) is 2.24.